The van der Waals surface area contributed by atoms with Crippen molar-refractivity contribution in [2.45, 2.75) is 19.8 Å². The summed E-state index contributed by atoms with van der Waals surface area (Å²) in [5, 5.41) is 3.57. The molecular weight excluding hydrogens is 102 g/mol. The molecule has 1 aliphatic rings. The smallest absolute Gasteiger partial charge is 0.121 e. The Kier molecular flexibility index (Phi) is 1.67. The van der Waals surface area contributed by atoms with E-state index >= 15 is 0 Å². The molecule has 0 aromatic rings. The van der Waals surface area contributed by atoms with E-state index in [1.54, 1.807) is 12.5 Å². The summed E-state index contributed by atoms with van der Waals surface area (Å²) in [6, 6.07) is 0. The summed E-state index contributed by atoms with van der Waals surface area (Å²) in [6.07, 6.45) is 5.50. The monoisotopic (exact) mass is 111 g/mol. The van der Waals surface area contributed by atoms with Crippen LogP contribution in [0.4, 0.5) is 0 Å². The summed E-state index contributed by atoms with van der Waals surface area (Å²) in [6.45, 7) is 2.11. The van der Waals surface area contributed by atoms with E-state index in [1.165, 1.54) is 5.57 Å². The number of oxime groups is 1. The molecule has 0 saturated heterocycles. The van der Waals surface area contributed by atoms with Crippen LogP contribution in [0.1, 0.15) is 19.8 Å². The van der Waals surface area contributed by atoms with Crippen LogP contribution in [0.15, 0.2) is 17.0 Å². The first-order chi connectivity index (χ1) is 3.93. The molecule has 0 aliphatic carbocycles. The second-order valence-corrected chi connectivity index (χ2v) is 1.73. The first kappa shape index (κ1) is 5.35. The number of rotatable bonds is 1. The highest BCUT2D eigenvalue weighted by Gasteiger charge is 1.95. The molecule has 0 radical (unpaired) electrons. The molecule has 0 aromatic carbocycles. The normalized spacial score (nSPS) is 17.4. The molecule has 1 aliphatic heterocycles. The molecule has 1 heterocycles. The lowest BCUT2D eigenvalue weighted by molar-refractivity contribution is 0.260. The molecule has 0 bridgehead atoms. The van der Waals surface area contributed by atoms with Gasteiger partial charge in [-0.3, -0.25) is 0 Å². The summed E-state index contributed by atoms with van der Waals surface area (Å²) < 4.78 is 0. The molecule has 0 unspecified atom stereocenters. The van der Waals surface area contributed by atoms with Gasteiger partial charge in [0.05, 0.1) is 0 Å². The van der Waals surface area contributed by atoms with Crippen LogP contribution in [0.25, 0.3) is 0 Å². The zero-order valence-electron chi connectivity index (χ0n) is 4.92. The number of nitrogens with zero attached hydrogens (tertiary/aromatic N) is 1. The van der Waals surface area contributed by atoms with Crippen molar-refractivity contribution in [2.24, 2.45) is 5.16 Å². The summed E-state index contributed by atoms with van der Waals surface area (Å²) in [7, 11) is 0. The van der Waals surface area contributed by atoms with Crippen LogP contribution in [-0.4, -0.2) is 6.21 Å². The first-order valence-electron chi connectivity index (χ1n) is 2.79. The van der Waals surface area contributed by atoms with Gasteiger partial charge in [-0.1, -0.05) is 12.1 Å². The lowest BCUT2D eigenvalue weighted by atomic mass is 10.2. The molecule has 0 aromatic heterocycles. The average molecular weight is 111 g/mol. The van der Waals surface area contributed by atoms with E-state index < -0.39 is 0 Å². The third kappa shape index (κ3) is 1.09. The van der Waals surface area contributed by atoms with E-state index in [4.69, 9.17) is 0 Å². The minimum absolute atomic E-state index is 0.955. The van der Waals surface area contributed by atoms with Crippen LogP contribution in [0, 0.1) is 0 Å². The quantitative estimate of drug-likeness (QED) is 0.504. The minimum atomic E-state index is 0.955. The van der Waals surface area contributed by atoms with E-state index in [0.717, 1.165) is 12.8 Å². The highest BCUT2D eigenvalue weighted by Crippen LogP contribution is 2.07. The molecule has 0 amide bonds. The maximum atomic E-state index is 4.68. The average Bonchev–Trinajstić information content (AvgIpc) is 1.90. The van der Waals surface area contributed by atoms with Gasteiger partial charge in [0, 0.05) is 12.6 Å². The molecule has 0 saturated carbocycles. The maximum absolute atomic E-state index is 4.68. The molecule has 1 rings (SSSR count). The maximum Gasteiger partial charge on any atom is 0.121 e. The molecule has 2 nitrogen and oxygen atoms in total. The Bertz CT molecular complexity index is 126. The third-order valence-corrected chi connectivity index (χ3v) is 1.16. The van der Waals surface area contributed by atoms with Crippen LogP contribution in [0.3, 0.4) is 0 Å². The Labute approximate surface area is 48.8 Å². The summed E-state index contributed by atoms with van der Waals surface area (Å²) >= 11 is 0. The molecule has 0 spiro atoms. The summed E-state index contributed by atoms with van der Waals surface area (Å²) in [5.41, 5.74) is 1.31. The van der Waals surface area contributed by atoms with Crippen LogP contribution < -0.4 is 0 Å². The van der Waals surface area contributed by atoms with Crippen LogP contribution in [0.5, 0.6) is 0 Å². The van der Waals surface area contributed by atoms with E-state index in [1.807, 2.05) is 0 Å². The Hall–Kier alpha value is -0.790. The zero-order chi connectivity index (χ0) is 5.82. The van der Waals surface area contributed by atoms with Crippen molar-refractivity contribution in [3.8, 4) is 0 Å². The Morgan fingerprint density at radius 2 is 2.75 bits per heavy atom. The Balaban J connectivity index is 2.43. The van der Waals surface area contributed by atoms with Crippen molar-refractivity contribution in [1.82, 2.24) is 0 Å². The van der Waals surface area contributed by atoms with Gasteiger partial charge in [-0.2, -0.15) is 0 Å². The van der Waals surface area contributed by atoms with Gasteiger partial charge in [0.25, 0.3) is 0 Å². The Morgan fingerprint density at radius 3 is 3.12 bits per heavy atom. The standard InChI is InChI=1S/C6H9NO/c1-2-6-3-4-7-8-5-6/h4-5H,2-3H2,1H3. The molecule has 2 heteroatoms. The van der Waals surface area contributed by atoms with Crippen LogP contribution in [-0.2, 0) is 4.84 Å². The minimum Gasteiger partial charge on any atom is -0.365 e. The molecule has 8 heavy (non-hydrogen) atoms. The second kappa shape index (κ2) is 2.50. The van der Waals surface area contributed by atoms with Gasteiger partial charge in [-0.15, -0.1) is 0 Å². The van der Waals surface area contributed by atoms with Crippen molar-refractivity contribution in [3.63, 3.8) is 0 Å². The molecule has 0 N–H and O–H groups in total. The van der Waals surface area contributed by atoms with E-state index in [-0.39, 0.29) is 0 Å². The first-order valence-corrected chi connectivity index (χ1v) is 2.79. The lowest BCUT2D eigenvalue weighted by Gasteiger charge is -2.01. The lowest BCUT2D eigenvalue weighted by Crippen LogP contribution is -1.89. The van der Waals surface area contributed by atoms with Gasteiger partial charge < -0.3 is 4.84 Å². The van der Waals surface area contributed by atoms with Crippen molar-refractivity contribution < 1.29 is 4.84 Å². The zero-order valence-corrected chi connectivity index (χ0v) is 4.92. The highest BCUT2D eigenvalue weighted by molar-refractivity contribution is 5.61. The van der Waals surface area contributed by atoms with E-state index in [2.05, 4.69) is 16.9 Å². The van der Waals surface area contributed by atoms with Crippen LogP contribution >= 0.6 is 0 Å². The van der Waals surface area contributed by atoms with Crippen molar-refractivity contribution in [3.05, 3.63) is 11.8 Å². The fourth-order valence-corrected chi connectivity index (χ4v) is 0.578. The van der Waals surface area contributed by atoms with Crippen molar-refractivity contribution >= 4 is 6.21 Å². The Morgan fingerprint density at radius 1 is 1.88 bits per heavy atom. The summed E-state index contributed by atoms with van der Waals surface area (Å²) in [4.78, 5) is 4.68. The molecular formula is C6H9NO. The van der Waals surface area contributed by atoms with Gasteiger partial charge in [0.15, 0.2) is 0 Å². The molecule has 0 atom stereocenters. The number of hydrogen-bond donors (Lipinski definition) is 0. The fraction of sp³-hybridized carbons (Fsp3) is 0.500. The predicted molar refractivity (Wildman–Crippen MR) is 32.6 cm³/mol. The third-order valence-electron chi connectivity index (χ3n) is 1.16. The number of allylic oxidation sites excluding steroid dienone is 1. The topological polar surface area (TPSA) is 21.6 Å². The summed E-state index contributed by atoms with van der Waals surface area (Å²) in [5.74, 6) is 0. The van der Waals surface area contributed by atoms with Crippen molar-refractivity contribution in [2.75, 3.05) is 0 Å². The van der Waals surface area contributed by atoms with Gasteiger partial charge in [0.2, 0.25) is 0 Å². The molecule has 44 valence electrons. The number of hydrogen-bond acceptors (Lipinski definition) is 2. The predicted octanol–water partition coefficient (Wildman–Crippen LogP) is 1.69. The van der Waals surface area contributed by atoms with Gasteiger partial charge >= 0.3 is 0 Å². The van der Waals surface area contributed by atoms with Gasteiger partial charge in [-0.25, -0.2) is 0 Å². The highest BCUT2D eigenvalue weighted by atomic mass is 16.6. The van der Waals surface area contributed by atoms with Gasteiger partial charge in [-0.05, 0) is 12.0 Å². The van der Waals surface area contributed by atoms with E-state index in [9.17, 15) is 0 Å². The second-order valence-electron chi connectivity index (χ2n) is 1.73. The van der Waals surface area contributed by atoms with Crippen LogP contribution in [0.2, 0.25) is 0 Å². The van der Waals surface area contributed by atoms with Gasteiger partial charge in [0.1, 0.15) is 6.26 Å². The van der Waals surface area contributed by atoms with Crippen molar-refractivity contribution in [1.29, 1.82) is 0 Å². The largest absolute Gasteiger partial charge is 0.365 e. The SMILES string of the molecule is CCC1=CON=CC1. The molecule has 0 fully saturated rings. The fourth-order valence-electron chi connectivity index (χ4n) is 0.578. The van der Waals surface area contributed by atoms with E-state index in [0.29, 0.717) is 0 Å².